The second-order valence-electron chi connectivity index (χ2n) is 5.61. The summed E-state index contributed by atoms with van der Waals surface area (Å²) >= 11 is 0. The molecule has 0 saturated carbocycles. The van der Waals surface area contributed by atoms with Gasteiger partial charge in [0.25, 0.3) is 11.8 Å². The summed E-state index contributed by atoms with van der Waals surface area (Å²) in [5.74, 6) is 0. The van der Waals surface area contributed by atoms with E-state index in [0.29, 0.717) is 4.57 Å². The number of nitriles is 1. The van der Waals surface area contributed by atoms with Gasteiger partial charge in [0, 0.05) is 12.3 Å². The first-order valence-electron chi connectivity index (χ1n) is 7.63. The van der Waals surface area contributed by atoms with E-state index in [9.17, 15) is 38.4 Å². The molecule has 6 atom stereocenters. The molecule has 2 rings (SSSR count). The van der Waals surface area contributed by atoms with Crippen LogP contribution in [-0.4, -0.2) is 59.4 Å². The molecule has 1 saturated heterocycles. The van der Waals surface area contributed by atoms with E-state index in [0.717, 1.165) is 18.5 Å². The molecule has 1 aliphatic heterocycles. The van der Waals surface area contributed by atoms with Crippen LogP contribution in [-0.2, 0) is 36.1 Å². The highest BCUT2D eigenvalue weighted by Gasteiger charge is 2.48. The molecule has 0 amide bonds. The number of aromatic amines is 1. The van der Waals surface area contributed by atoms with E-state index < -0.39 is 65.9 Å². The largest absolute Gasteiger partial charge is 0.549 e. The summed E-state index contributed by atoms with van der Waals surface area (Å²) in [4.78, 5) is 51.1. The molecule has 0 spiro atoms. The van der Waals surface area contributed by atoms with Gasteiger partial charge in [0.2, 0.25) is 0 Å². The number of nitrogens with one attached hydrogen (secondary N) is 1. The molecule has 174 valence electrons. The van der Waals surface area contributed by atoms with Gasteiger partial charge in [-0.1, -0.05) is 0 Å². The Morgan fingerprint density at radius 1 is 1.16 bits per heavy atom. The van der Waals surface area contributed by atoms with Gasteiger partial charge in [0.05, 0.1) is 6.61 Å². The highest BCUT2D eigenvalue weighted by atomic mass is 31.3. The number of aliphatic hydroxyl groups is 2. The molecule has 0 bridgehead atoms. The first kappa shape index (κ1) is 25.6. The number of rotatable bonds is 9. The Labute approximate surface area is 170 Å². The third-order valence-electron chi connectivity index (χ3n) is 3.42. The van der Waals surface area contributed by atoms with E-state index in [2.05, 4.69) is 17.7 Å². The lowest BCUT2D eigenvalue weighted by Crippen LogP contribution is -2.37. The highest BCUT2D eigenvalue weighted by molar-refractivity contribution is 7.66. The third-order valence-corrected chi connectivity index (χ3v) is 7.50. The summed E-state index contributed by atoms with van der Waals surface area (Å²) in [5.41, 5.74) is -1.77. The fourth-order valence-electron chi connectivity index (χ4n) is 2.28. The van der Waals surface area contributed by atoms with Crippen molar-refractivity contribution >= 4 is 23.5 Å². The number of aromatic nitrogens is 2. The van der Waals surface area contributed by atoms with Crippen molar-refractivity contribution in [1.82, 2.24) is 9.55 Å². The zero-order valence-corrected chi connectivity index (χ0v) is 17.4. The minimum Gasteiger partial charge on any atom is -0.387 e. The molecular formula is C10H14N3O15P3. The number of hydrogen-bond acceptors (Lipinski definition) is 13. The molecule has 1 aliphatic rings. The summed E-state index contributed by atoms with van der Waals surface area (Å²) in [6, 6.07) is 0.913. The third kappa shape index (κ3) is 6.89. The van der Waals surface area contributed by atoms with E-state index in [4.69, 9.17) is 19.8 Å². The molecular weight excluding hydrogens is 495 g/mol. The van der Waals surface area contributed by atoms with Crippen molar-refractivity contribution in [2.75, 3.05) is 6.61 Å². The molecule has 1 fully saturated rings. The van der Waals surface area contributed by atoms with Crippen molar-refractivity contribution in [1.29, 1.82) is 5.26 Å². The van der Waals surface area contributed by atoms with Gasteiger partial charge >= 0.3 is 29.2 Å². The maximum absolute atomic E-state index is 12.3. The SMILES string of the molecule is N#COP(=O)(OC[C@H]1O[C@@H](n2ccc(=O)[nH]c2=O)[C@H](O)[C@@H]1O)OP(=O)(O)OP(=O)(O)O. The average molecular weight is 509 g/mol. The number of H-pyrrole nitrogens is 1. The maximum atomic E-state index is 12.3. The van der Waals surface area contributed by atoms with Gasteiger partial charge in [-0.3, -0.25) is 18.9 Å². The molecule has 1 aromatic heterocycles. The van der Waals surface area contributed by atoms with Gasteiger partial charge in [-0.25, -0.2) is 18.5 Å². The standard InChI is InChI=1S/C10H14N3O15P3/c11-4-25-31(23,28-30(21,22)27-29(18,19)20)24-3-5-7(15)8(16)9(26-5)13-2-1-6(14)12-10(13)17/h1-2,5,7-9,15-16H,3H2,(H,21,22)(H,12,14,17)(H2,18,19,20)/t5-,7-,8-,9-,31?/m1/s1. The van der Waals surface area contributed by atoms with Gasteiger partial charge in [0.1, 0.15) is 18.3 Å². The van der Waals surface area contributed by atoms with Gasteiger partial charge in [0.15, 0.2) is 6.23 Å². The van der Waals surface area contributed by atoms with Crippen LogP contribution in [0, 0.1) is 11.5 Å². The summed E-state index contributed by atoms with van der Waals surface area (Å²) < 4.78 is 56.1. The van der Waals surface area contributed by atoms with Crippen molar-refractivity contribution < 1.29 is 61.0 Å². The van der Waals surface area contributed by atoms with Crippen LogP contribution in [0.2, 0.25) is 0 Å². The van der Waals surface area contributed by atoms with E-state index in [-0.39, 0.29) is 0 Å². The van der Waals surface area contributed by atoms with Crippen LogP contribution in [0.1, 0.15) is 6.23 Å². The Hall–Kier alpha value is -1.70. The second-order valence-corrected chi connectivity index (χ2v) is 10.2. The summed E-state index contributed by atoms with van der Waals surface area (Å²) in [6.07, 6.45) is -5.00. The highest BCUT2D eigenvalue weighted by Crippen LogP contribution is 2.68. The maximum Gasteiger partial charge on any atom is 0.549 e. The average Bonchev–Trinajstić information content (AvgIpc) is 2.86. The van der Waals surface area contributed by atoms with Crippen molar-refractivity contribution in [3.8, 4) is 6.26 Å². The molecule has 1 aromatic rings. The van der Waals surface area contributed by atoms with Crippen molar-refractivity contribution in [3.63, 3.8) is 0 Å². The number of phosphoric ester groups is 1. The first-order valence-corrected chi connectivity index (χ1v) is 12.1. The van der Waals surface area contributed by atoms with Crippen LogP contribution in [0.25, 0.3) is 0 Å². The Bertz CT molecular complexity index is 1100. The summed E-state index contributed by atoms with van der Waals surface area (Å²) in [6.45, 7) is -1.05. The normalized spacial score (nSPS) is 27.7. The van der Waals surface area contributed by atoms with Crippen molar-refractivity contribution in [2.24, 2.45) is 0 Å². The number of aliphatic hydroxyl groups excluding tert-OH is 2. The Kier molecular flexibility index (Phi) is 7.77. The molecule has 0 aromatic carbocycles. The van der Waals surface area contributed by atoms with Gasteiger partial charge in [-0.15, -0.1) is 5.26 Å². The van der Waals surface area contributed by atoms with Crippen molar-refractivity contribution in [2.45, 2.75) is 24.5 Å². The number of hydrogen-bond donors (Lipinski definition) is 6. The molecule has 2 unspecified atom stereocenters. The lowest BCUT2D eigenvalue weighted by molar-refractivity contribution is -0.0542. The molecule has 0 aliphatic carbocycles. The van der Waals surface area contributed by atoms with E-state index in [1.165, 1.54) is 0 Å². The molecule has 0 radical (unpaired) electrons. The Balaban J connectivity index is 2.15. The summed E-state index contributed by atoms with van der Waals surface area (Å²) in [7, 11) is -16.8. The Morgan fingerprint density at radius 2 is 1.81 bits per heavy atom. The van der Waals surface area contributed by atoms with Gasteiger partial charge in [-0.05, 0) is 0 Å². The molecule has 31 heavy (non-hydrogen) atoms. The van der Waals surface area contributed by atoms with Crippen molar-refractivity contribution in [3.05, 3.63) is 33.1 Å². The minimum absolute atomic E-state index is 0.701. The Morgan fingerprint density at radius 3 is 2.35 bits per heavy atom. The zero-order chi connectivity index (χ0) is 23.6. The minimum atomic E-state index is -5.78. The lowest BCUT2D eigenvalue weighted by Gasteiger charge is -2.20. The molecule has 18 nitrogen and oxygen atoms in total. The van der Waals surface area contributed by atoms with Crippen LogP contribution in [0.4, 0.5) is 0 Å². The quantitative estimate of drug-likeness (QED) is 0.155. The van der Waals surface area contributed by atoms with E-state index in [1.54, 1.807) is 0 Å². The van der Waals surface area contributed by atoms with E-state index >= 15 is 0 Å². The first-order chi connectivity index (χ1) is 14.2. The van der Waals surface area contributed by atoms with Crippen LogP contribution in [0.5, 0.6) is 0 Å². The van der Waals surface area contributed by atoms with Crippen LogP contribution < -0.4 is 11.2 Å². The topological polar surface area (TPSA) is 277 Å². The number of phosphoric acid groups is 3. The summed E-state index contributed by atoms with van der Waals surface area (Å²) in [5, 5.41) is 28.6. The van der Waals surface area contributed by atoms with Crippen LogP contribution in [0.15, 0.2) is 21.9 Å². The predicted molar refractivity (Wildman–Crippen MR) is 91.5 cm³/mol. The second kappa shape index (κ2) is 9.43. The number of nitrogens with zero attached hydrogens (tertiary/aromatic N) is 2. The van der Waals surface area contributed by atoms with E-state index in [1.807, 2.05) is 4.98 Å². The lowest BCUT2D eigenvalue weighted by atomic mass is 10.1. The van der Waals surface area contributed by atoms with Crippen LogP contribution in [0.3, 0.4) is 0 Å². The number of ether oxygens (including phenoxy) is 1. The van der Waals surface area contributed by atoms with Gasteiger partial charge < -0.3 is 34.2 Å². The monoisotopic (exact) mass is 509 g/mol. The molecule has 21 heteroatoms. The molecule has 6 N–H and O–H groups in total. The zero-order valence-electron chi connectivity index (χ0n) is 14.7. The fourth-order valence-corrected chi connectivity index (χ4v) is 5.56. The van der Waals surface area contributed by atoms with Crippen LogP contribution >= 0.6 is 23.5 Å². The smallest absolute Gasteiger partial charge is 0.387 e. The fraction of sp³-hybridized carbons (Fsp3) is 0.500. The predicted octanol–water partition coefficient (Wildman–Crippen LogP) is -2.00. The molecule has 2 heterocycles. The van der Waals surface area contributed by atoms with Gasteiger partial charge in [-0.2, -0.15) is 8.62 Å².